The lowest BCUT2D eigenvalue weighted by atomic mass is 10.0. The second-order valence-corrected chi connectivity index (χ2v) is 14.2. The van der Waals surface area contributed by atoms with Gasteiger partial charge in [-0.25, -0.2) is 9.59 Å². The monoisotopic (exact) mass is 621 g/mol. The van der Waals surface area contributed by atoms with Crippen LogP contribution in [0.2, 0.25) is 0 Å². The molecule has 0 aromatic rings. The lowest BCUT2D eigenvalue weighted by molar-refractivity contribution is -0.140. The molecule has 0 bridgehead atoms. The Bertz CT molecular complexity index is 585. The van der Waals surface area contributed by atoms with E-state index in [0.717, 1.165) is 37.5 Å². The molecule has 0 heterocycles. The molecular formula is C40H76O4. The molecule has 0 N–H and O–H groups in total. The van der Waals surface area contributed by atoms with Gasteiger partial charge in [0, 0.05) is 12.2 Å². The minimum absolute atomic E-state index is 0.425. The Morgan fingerprint density at radius 1 is 0.364 bits per heavy atom. The van der Waals surface area contributed by atoms with Crippen LogP contribution in [0.1, 0.15) is 207 Å². The van der Waals surface area contributed by atoms with Crippen LogP contribution >= 0.6 is 0 Å². The number of unbranched alkanes of at least 4 members (excludes halogenated alkanes) is 24. The van der Waals surface area contributed by atoms with Crippen molar-refractivity contribution in [1.82, 2.24) is 0 Å². The summed E-state index contributed by atoms with van der Waals surface area (Å²) in [6, 6.07) is 0. The Balaban J connectivity index is 3.34. The maximum absolute atomic E-state index is 11.8. The lowest BCUT2D eigenvalue weighted by Crippen LogP contribution is -2.06. The molecule has 0 rings (SSSR count). The highest BCUT2D eigenvalue weighted by Gasteiger charge is 2.02. The standard InChI is InChI=1S/C40H76O4/c1-37(2)31-27-23-19-15-11-7-5-9-13-17-21-25-29-35-43-39(41)33-34-40(42)44-36-30-26-22-18-14-10-6-8-12-16-20-24-28-32-38(3)4/h33-34,37-38H,5-32,35-36H2,1-4H3. The minimum atomic E-state index is -0.455. The predicted octanol–water partition coefficient (Wildman–Crippen LogP) is 12.9. The Kier molecular flexibility index (Phi) is 33.5. The van der Waals surface area contributed by atoms with E-state index in [1.807, 2.05) is 0 Å². The number of ether oxygens (including phenoxy) is 2. The van der Waals surface area contributed by atoms with Gasteiger partial charge in [-0.2, -0.15) is 0 Å². The van der Waals surface area contributed by atoms with Crippen LogP contribution in [-0.4, -0.2) is 25.2 Å². The zero-order valence-corrected chi connectivity index (χ0v) is 30.2. The SMILES string of the molecule is CC(C)CCCCCCCCCCCCCCCOC(=O)C=CC(=O)OCCCCCCCCCCCCCCCC(C)C. The van der Waals surface area contributed by atoms with Gasteiger partial charge in [-0.15, -0.1) is 0 Å². The summed E-state index contributed by atoms with van der Waals surface area (Å²) in [7, 11) is 0. The van der Waals surface area contributed by atoms with Crippen molar-refractivity contribution < 1.29 is 19.1 Å². The Hall–Kier alpha value is -1.32. The van der Waals surface area contributed by atoms with Crippen LogP contribution in [0.5, 0.6) is 0 Å². The maximum Gasteiger partial charge on any atom is 0.331 e. The van der Waals surface area contributed by atoms with Gasteiger partial charge in [0.15, 0.2) is 0 Å². The fourth-order valence-electron chi connectivity index (χ4n) is 5.78. The molecule has 4 nitrogen and oxygen atoms in total. The quantitative estimate of drug-likeness (QED) is 0.0408. The highest BCUT2D eigenvalue weighted by molar-refractivity contribution is 5.91. The first-order chi connectivity index (χ1) is 21.4. The second kappa shape index (κ2) is 34.6. The maximum atomic E-state index is 11.8. The van der Waals surface area contributed by atoms with Crippen LogP contribution in [0.4, 0.5) is 0 Å². The summed E-state index contributed by atoms with van der Waals surface area (Å²) in [5, 5.41) is 0. The van der Waals surface area contributed by atoms with Crippen LogP contribution in [0.3, 0.4) is 0 Å². The lowest BCUT2D eigenvalue weighted by Gasteiger charge is -2.05. The van der Waals surface area contributed by atoms with Gasteiger partial charge in [-0.3, -0.25) is 0 Å². The molecule has 0 amide bonds. The van der Waals surface area contributed by atoms with Crippen molar-refractivity contribution in [2.75, 3.05) is 13.2 Å². The van der Waals surface area contributed by atoms with E-state index in [0.29, 0.717) is 13.2 Å². The van der Waals surface area contributed by atoms with E-state index < -0.39 is 11.9 Å². The van der Waals surface area contributed by atoms with E-state index in [1.54, 1.807) is 0 Å². The largest absolute Gasteiger partial charge is 0.463 e. The molecule has 44 heavy (non-hydrogen) atoms. The molecule has 0 saturated heterocycles. The molecular weight excluding hydrogens is 544 g/mol. The van der Waals surface area contributed by atoms with Gasteiger partial charge in [0.05, 0.1) is 13.2 Å². The third-order valence-corrected chi connectivity index (χ3v) is 8.70. The molecule has 0 aliphatic heterocycles. The summed E-state index contributed by atoms with van der Waals surface area (Å²) in [6.07, 6.45) is 39.0. The molecule has 4 heteroatoms. The summed E-state index contributed by atoms with van der Waals surface area (Å²) in [6.45, 7) is 10.1. The number of hydrogen-bond donors (Lipinski definition) is 0. The van der Waals surface area contributed by atoms with Crippen LogP contribution in [0, 0.1) is 11.8 Å². The number of carbonyl (C=O) groups excluding carboxylic acids is 2. The van der Waals surface area contributed by atoms with Gasteiger partial charge in [0.2, 0.25) is 0 Å². The molecule has 0 saturated carbocycles. The first-order valence-corrected chi connectivity index (χ1v) is 19.4. The summed E-state index contributed by atoms with van der Waals surface area (Å²) >= 11 is 0. The molecule has 260 valence electrons. The molecule has 0 aliphatic carbocycles. The smallest absolute Gasteiger partial charge is 0.331 e. The Morgan fingerprint density at radius 2 is 0.568 bits per heavy atom. The van der Waals surface area contributed by atoms with Gasteiger partial charge < -0.3 is 9.47 Å². The number of rotatable bonds is 34. The van der Waals surface area contributed by atoms with Crippen molar-refractivity contribution in [3.8, 4) is 0 Å². The molecule has 0 aliphatic rings. The molecule has 0 aromatic heterocycles. The Labute approximate surface area is 275 Å². The topological polar surface area (TPSA) is 52.6 Å². The minimum Gasteiger partial charge on any atom is -0.463 e. The zero-order chi connectivity index (χ0) is 32.4. The first kappa shape index (κ1) is 42.7. The average molecular weight is 621 g/mol. The van der Waals surface area contributed by atoms with E-state index in [4.69, 9.17) is 9.47 Å². The molecule has 0 spiro atoms. The van der Waals surface area contributed by atoms with Crippen LogP contribution in [0.25, 0.3) is 0 Å². The zero-order valence-electron chi connectivity index (χ0n) is 30.2. The van der Waals surface area contributed by atoms with Crippen molar-refractivity contribution in [2.45, 2.75) is 207 Å². The average Bonchev–Trinajstić information content (AvgIpc) is 2.99. The van der Waals surface area contributed by atoms with E-state index in [2.05, 4.69) is 27.7 Å². The fourth-order valence-corrected chi connectivity index (χ4v) is 5.78. The number of esters is 2. The van der Waals surface area contributed by atoms with E-state index in [-0.39, 0.29) is 0 Å². The summed E-state index contributed by atoms with van der Waals surface area (Å²) in [5.41, 5.74) is 0. The van der Waals surface area contributed by atoms with Crippen molar-refractivity contribution >= 4 is 11.9 Å². The van der Waals surface area contributed by atoms with Gasteiger partial charge in [0.25, 0.3) is 0 Å². The van der Waals surface area contributed by atoms with Crippen LogP contribution < -0.4 is 0 Å². The summed E-state index contributed by atoms with van der Waals surface area (Å²) in [4.78, 5) is 23.6. The van der Waals surface area contributed by atoms with Gasteiger partial charge in [-0.1, -0.05) is 195 Å². The van der Waals surface area contributed by atoms with E-state index >= 15 is 0 Å². The van der Waals surface area contributed by atoms with Gasteiger partial charge in [-0.05, 0) is 24.7 Å². The highest BCUT2D eigenvalue weighted by atomic mass is 16.5. The Morgan fingerprint density at radius 3 is 0.795 bits per heavy atom. The van der Waals surface area contributed by atoms with Crippen molar-refractivity contribution in [2.24, 2.45) is 11.8 Å². The van der Waals surface area contributed by atoms with E-state index in [9.17, 15) is 9.59 Å². The molecule has 0 atom stereocenters. The van der Waals surface area contributed by atoms with Crippen molar-refractivity contribution in [3.05, 3.63) is 12.2 Å². The normalized spacial score (nSPS) is 11.7. The van der Waals surface area contributed by atoms with Gasteiger partial charge in [0.1, 0.15) is 0 Å². The van der Waals surface area contributed by atoms with Gasteiger partial charge >= 0.3 is 11.9 Å². The van der Waals surface area contributed by atoms with Crippen molar-refractivity contribution in [1.29, 1.82) is 0 Å². The number of hydrogen-bond acceptors (Lipinski definition) is 4. The molecule has 0 aromatic carbocycles. The summed E-state index contributed by atoms with van der Waals surface area (Å²) < 4.78 is 10.4. The van der Waals surface area contributed by atoms with Crippen molar-refractivity contribution in [3.63, 3.8) is 0 Å². The first-order valence-electron chi connectivity index (χ1n) is 19.4. The molecule has 0 unspecified atom stereocenters. The predicted molar refractivity (Wildman–Crippen MR) is 190 cm³/mol. The summed E-state index contributed by atoms with van der Waals surface area (Å²) in [5.74, 6) is 0.798. The molecule has 0 fully saturated rings. The van der Waals surface area contributed by atoms with Crippen LogP contribution in [-0.2, 0) is 19.1 Å². The second-order valence-electron chi connectivity index (χ2n) is 14.2. The molecule has 0 radical (unpaired) electrons. The highest BCUT2D eigenvalue weighted by Crippen LogP contribution is 2.16. The van der Waals surface area contributed by atoms with Crippen LogP contribution in [0.15, 0.2) is 12.2 Å². The van der Waals surface area contributed by atoms with E-state index in [1.165, 1.54) is 166 Å². The third-order valence-electron chi connectivity index (χ3n) is 8.70. The third kappa shape index (κ3) is 36.9. The fraction of sp³-hybridized carbons (Fsp3) is 0.900. The number of carbonyl (C=O) groups is 2.